The van der Waals surface area contributed by atoms with E-state index in [-0.39, 0.29) is 28.3 Å². The van der Waals surface area contributed by atoms with Gasteiger partial charge in [-0.1, -0.05) is 12.1 Å². The molecule has 0 atom stereocenters. The molecular weight excluding hydrogens is 342 g/mol. The van der Waals surface area contributed by atoms with E-state index in [1.165, 1.54) is 43.4 Å². The molecule has 2 aromatic carbocycles. The molecule has 26 heavy (non-hydrogen) atoms. The van der Waals surface area contributed by atoms with Crippen LogP contribution in [0, 0.1) is 20.2 Å². The van der Waals surface area contributed by atoms with Gasteiger partial charge in [0.15, 0.2) is 5.82 Å². The molecule has 0 bridgehead atoms. The summed E-state index contributed by atoms with van der Waals surface area (Å²) in [6.07, 6.45) is 0. The maximum atomic E-state index is 12.2. The molecule has 0 unspecified atom stereocenters. The van der Waals surface area contributed by atoms with Crippen molar-refractivity contribution in [2.45, 2.75) is 0 Å². The molecule has 0 spiro atoms. The van der Waals surface area contributed by atoms with Crippen LogP contribution in [0.1, 0.15) is 10.5 Å². The van der Waals surface area contributed by atoms with Crippen LogP contribution in [-0.4, -0.2) is 32.8 Å². The van der Waals surface area contributed by atoms with Crippen LogP contribution in [0.25, 0.3) is 22.3 Å². The van der Waals surface area contributed by atoms with Crippen molar-refractivity contribution in [3.8, 4) is 11.4 Å². The number of amides is 1. The van der Waals surface area contributed by atoms with Gasteiger partial charge in [-0.2, -0.15) is 0 Å². The molecule has 0 saturated heterocycles. The highest BCUT2D eigenvalue weighted by molar-refractivity contribution is 6.05. The maximum Gasteiger partial charge on any atom is 0.270 e. The monoisotopic (exact) mass is 353 g/mol. The summed E-state index contributed by atoms with van der Waals surface area (Å²) in [7, 11) is 1.40. The number of nitrogens with one attached hydrogen (secondary N) is 1. The summed E-state index contributed by atoms with van der Waals surface area (Å²) >= 11 is 0. The Morgan fingerprint density at radius 2 is 1.69 bits per heavy atom. The van der Waals surface area contributed by atoms with Crippen LogP contribution >= 0.6 is 0 Å². The van der Waals surface area contributed by atoms with Crippen molar-refractivity contribution in [1.82, 2.24) is 15.3 Å². The van der Waals surface area contributed by atoms with Gasteiger partial charge in [-0.05, 0) is 6.07 Å². The smallest absolute Gasteiger partial charge is 0.270 e. The third-order valence-electron chi connectivity index (χ3n) is 3.65. The summed E-state index contributed by atoms with van der Waals surface area (Å²) in [5.41, 5.74) is 0.267. The third-order valence-corrected chi connectivity index (χ3v) is 3.65. The Labute approximate surface area is 145 Å². The van der Waals surface area contributed by atoms with Gasteiger partial charge in [-0.25, -0.2) is 9.97 Å². The van der Waals surface area contributed by atoms with Crippen molar-refractivity contribution in [3.63, 3.8) is 0 Å². The van der Waals surface area contributed by atoms with Gasteiger partial charge < -0.3 is 5.32 Å². The lowest BCUT2D eigenvalue weighted by molar-refractivity contribution is -0.384. The van der Waals surface area contributed by atoms with Gasteiger partial charge in [0.25, 0.3) is 17.3 Å². The zero-order valence-corrected chi connectivity index (χ0v) is 13.4. The average molecular weight is 353 g/mol. The highest BCUT2D eigenvalue weighted by atomic mass is 16.6. The molecule has 3 rings (SSSR count). The van der Waals surface area contributed by atoms with Gasteiger partial charge in [0, 0.05) is 42.3 Å². The van der Waals surface area contributed by atoms with Crippen molar-refractivity contribution in [2.75, 3.05) is 7.05 Å². The number of non-ortho nitro benzene ring substituents is 2. The molecule has 0 aliphatic rings. The normalized spacial score (nSPS) is 10.5. The van der Waals surface area contributed by atoms with Crippen LogP contribution in [0.2, 0.25) is 0 Å². The Morgan fingerprint density at radius 3 is 2.35 bits per heavy atom. The molecule has 0 saturated carbocycles. The average Bonchev–Trinajstić information content (AvgIpc) is 2.66. The summed E-state index contributed by atoms with van der Waals surface area (Å²) in [5.74, 6) is -0.446. The minimum Gasteiger partial charge on any atom is -0.354 e. The van der Waals surface area contributed by atoms with E-state index in [2.05, 4.69) is 15.3 Å². The Bertz CT molecular complexity index is 1070. The molecule has 0 radical (unpaired) electrons. The summed E-state index contributed by atoms with van der Waals surface area (Å²) < 4.78 is 0. The number of benzene rings is 2. The van der Waals surface area contributed by atoms with E-state index in [4.69, 9.17) is 0 Å². The lowest BCUT2D eigenvalue weighted by Crippen LogP contribution is -2.20. The highest BCUT2D eigenvalue weighted by Gasteiger charge is 2.18. The highest BCUT2D eigenvalue weighted by Crippen LogP contribution is 2.27. The maximum absolute atomic E-state index is 12.2. The summed E-state index contributed by atoms with van der Waals surface area (Å²) in [6.45, 7) is 0. The van der Waals surface area contributed by atoms with Gasteiger partial charge in [0.2, 0.25) is 0 Å². The number of nitrogens with zero attached hydrogens (tertiary/aromatic N) is 4. The first kappa shape index (κ1) is 16.9. The second-order valence-electron chi connectivity index (χ2n) is 5.24. The number of carbonyl (C=O) groups excluding carboxylic acids is 1. The first-order valence-electron chi connectivity index (χ1n) is 7.34. The Morgan fingerprint density at radius 1 is 1.00 bits per heavy atom. The summed E-state index contributed by atoms with van der Waals surface area (Å²) in [6, 6.07) is 9.57. The van der Waals surface area contributed by atoms with Gasteiger partial charge in [0.05, 0.1) is 15.4 Å². The van der Waals surface area contributed by atoms with Crippen LogP contribution in [0.3, 0.4) is 0 Å². The molecule has 0 aliphatic carbocycles. The Balaban J connectivity index is 2.27. The second-order valence-corrected chi connectivity index (χ2v) is 5.24. The topological polar surface area (TPSA) is 141 Å². The first-order valence-corrected chi connectivity index (χ1v) is 7.34. The number of hydrogen-bond acceptors (Lipinski definition) is 7. The summed E-state index contributed by atoms with van der Waals surface area (Å²) in [4.78, 5) is 41.5. The standard InChI is InChI=1S/C16H11N5O5/c1-17-16(22)14-12-8-11(21(25)26)5-6-13(12)18-15(19-14)9-3-2-4-10(7-9)20(23)24/h2-8H,1H3,(H,17,22). The van der Waals surface area contributed by atoms with Gasteiger partial charge in [-0.3, -0.25) is 25.0 Å². The molecule has 130 valence electrons. The number of hydrogen-bond donors (Lipinski definition) is 1. The fraction of sp³-hybridized carbons (Fsp3) is 0.0625. The van der Waals surface area contributed by atoms with Crippen molar-refractivity contribution < 1.29 is 14.6 Å². The Hall–Kier alpha value is -3.95. The zero-order chi connectivity index (χ0) is 18.8. The minimum atomic E-state index is -0.582. The molecule has 0 fully saturated rings. The molecule has 1 aromatic heterocycles. The molecular formula is C16H11N5O5. The third kappa shape index (κ3) is 3.02. The van der Waals surface area contributed by atoms with E-state index in [0.717, 1.165) is 0 Å². The first-order chi connectivity index (χ1) is 12.4. The molecule has 3 aromatic rings. The number of nitro groups is 2. The molecule has 10 nitrogen and oxygen atoms in total. The minimum absolute atomic E-state index is 0.0530. The number of fused-ring (bicyclic) bond motifs is 1. The van der Waals surface area contributed by atoms with Gasteiger partial charge in [0.1, 0.15) is 5.69 Å². The molecule has 1 amide bonds. The van der Waals surface area contributed by atoms with E-state index < -0.39 is 15.8 Å². The van der Waals surface area contributed by atoms with Crippen molar-refractivity contribution in [1.29, 1.82) is 0 Å². The molecule has 1 N–H and O–H groups in total. The summed E-state index contributed by atoms with van der Waals surface area (Å²) in [5, 5.41) is 24.6. The van der Waals surface area contributed by atoms with E-state index in [9.17, 15) is 25.0 Å². The fourth-order valence-electron chi connectivity index (χ4n) is 2.41. The van der Waals surface area contributed by atoms with Gasteiger partial charge in [-0.15, -0.1) is 0 Å². The molecule has 1 heterocycles. The fourth-order valence-corrected chi connectivity index (χ4v) is 2.41. The predicted molar refractivity (Wildman–Crippen MR) is 91.7 cm³/mol. The largest absolute Gasteiger partial charge is 0.354 e. The zero-order valence-electron chi connectivity index (χ0n) is 13.4. The number of carbonyl (C=O) groups is 1. The van der Waals surface area contributed by atoms with Crippen molar-refractivity contribution in [3.05, 3.63) is 68.4 Å². The van der Waals surface area contributed by atoms with Crippen molar-refractivity contribution in [2.24, 2.45) is 0 Å². The SMILES string of the molecule is CNC(=O)c1nc(-c2cccc([N+](=O)[O-])c2)nc2ccc([N+](=O)[O-])cc12. The van der Waals surface area contributed by atoms with E-state index in [1.807, 2.05) is 0 Å². The van der Waals surface area contributed by atoms with E-state index >= 15 is 0 Å². The van der Waals surface area contributed by atoms with Crippen molar-refractivity contribution >= 4 is 28.2 Å². The van der Waals surface area contributed by atoms with Crippen LogP contribution in [-0.2, 0) is 0 Å². The number of aromatic nitrogens is 2. The predicted octanol–water partition coefficient (Wildman–Crippen LogP) is 2.47. The quantitative estimate of drug-likeness (QED) is 0.561. The number of nitro benzene ring substituents is 2. The Kier molecular flexibility index (Phi) is 4.23. The van der Waals surface area contributed by atoms with E-state index in [0.29, 0.717) is 11.1 Å². The molecule has 10 heteroatoms. The second kappa shape index (κ2) is 6.51. The molecule has 0 aliphatic heterocycles. The lowest BCUT2D eigenvalue weighted by Gasteiger charge is -2.08. The van der Waals surface area contributed by atoms with Crippen LogP contribution in [0.15, 0.2) is 42.5 Å². The lowest BCUT2D eigenvalue weighted by atomic mass is 10.1. The van der Waals surface area contributed by atoms with E-state index in [1.54, 1.807) is 6.07 Å². The van der Waals surface area contributed by atoms with Gasteiger partial charge >= 0.3 is 0 Å². The van der Waals surface area contributed by atoms with Crippen LogP contribution in [0.5, 0.6) is 0 Å². The van der Waals surface area contributed by atoms with Crippen LogP contribution in [0.4, 0.5) is 11.4 Å². The van der Waals surface area contributed by atoms with Crippen LogP contribution < -0.4 is 5.32 Å². The number of rotatable bonds is 4.